The highest BCUT2D eigenvalue weighted by molar-refractivity contribution is 8.16. The van der Waals surface area contributed by atoms with Crippen LogP contribution in [0.25, 0.3) is 0 Å². The number of carbonyl (C=O) groups excluding carboxylic acids is 1. The van der Waals surface area contributed by atoms with Crippen LogP contribution in [0.15, 0.2) is 28.6 Å². The highest BCUT2D eigenvalue weighted by atomic mass is 32.2. The van der Waals surface area contributed by atoms with Gasteiger partial charge in [-0.3, -0.25) is 9.79 Å². The number of aromatic nitrogens is 2. The number of hydrogen-bond donors (Lipinski definition) is 3. The number of H-pyrrole nitrogens is 1. The van der Waals surface area contributed by atoms with Gasteiger partial charge in [-0.1, -0.05) is 11.8 Å². The maximum absolute atomic E-state index is 12.1. The number of amidine groups is 1. The normalized spacial score (nSPS) is 17.7. The third kappa shape index (κ3) is 3.14. The molecule has 0 aliphatic carbocycles. The Kier molecular flexibility index (Phi) is 4.14. The lowest BCUT2D eigenvalue weighted by Gasteiger charge is -2.18. The van der Waals surface area contributed by atoms with Crippen LogP contribution in [-0.4, -0.2) is 56.1 Å². The third-order valence-electron chi connectivity index (χ3n) is 3.40. The van der Waals surface area contributed by atoms with Crippen molar-refractivity contribution in [2.45, 2.75) is 18.9 Å². The number of nitrogens with zero attached hydrogens (tertiary/aromatic N) is 3. The van der Waals surface area contributed by atoms with E-state index >= 15 is 0 Å². The molecule has 0 fully saturated rings. The van der Waals surface area contributed by atoms with Crippen LogP contribution < -0.4 is 5.32 Å². The first-order valence-electron chi connectivity index (χ1n) is 6.80. The molecule has 2 aliphatic rings. The molecule has 8 nitrogen and oxygen atoms in total. The summed E-state index contributed by atoms with van der Waals surface area (Å²) in [6.07, 6.45) is 3.35. The zero-order chi connectivity index (χ0) is 15.5. The molecule has 0 saturated carbocycles. The number of rotatable bonds is 6. The molecule has 1 aromatic rings. The first kappa shape index (κ1) is 14.6. The highest BCUT2D eigenvalue weighted by Crippen LogP contribution is 2.30. The minimum absolute atomic E-state index is 0.152. The first-order chi connectivity index (χ1) is 10.6. The number of aliphatic imine (C=N–C) groups is 1. The summed E-state index contributed by atoms with van der Waals surface area (Å²) in [6, 6.07) is -0.977. The molecule has 2 aliphatic heterocycles. The van der Waals surface area contributed by atoms with E-state index in [1.54, 1.807) is 6.20 Å². The number of thioether (sulfide) groups is 1. The van der Waals surface area contributed by atoms with E-state index in [4.69, 9.17) is 0 Å². The van der Waals surface area contributed by atoms with Crippen LogP contribution in [0.5, 0.6) is 0 Å². The Morgan fingerprint density at radius 3 is 3.14 bits per heavy atom. The van der Waals surface area contributed by atoms with Crippen molar-refractivity contribution in [3.63, 3.8) is 0 Å². The Hall–Kier alpha value is -2.29. The molecule has 1 amide bonds. The number of carboxylic acid groups (broad SMARTS) is 1. The molecule has 0 aromatic carbocycles. The van der Waals surface area contributed by atoms with Gasteiger partial charge in [0.2, 0.25) is 5.91 Å². The summed E-state index contributed by atoms with van der Waals surface area (Å²) in [5, 5.41) is 14.6. The van der Waals surface area contributed by atoms with Crippen LogP contribution >= 0.6 is 11.8 Å². The van der Waals surface area contributed by atoms with Gasteiger partial charge in [-0.25, -0.2) is 9.78 Å². The van der Waals surface area contributed by atoms with Crippen molar-refractivity contribution >= 4 is 28.8 Å². The van der Waals surface area contributed by atoms with Crippen molar-refractivity contribution in [2.75, 3.05) is 13.1 Å². The van der Waals surface area contributed by atoms with Crippen molar-refractivity contribution < 1.29 is 14.7 Å². The van der Waals surface area contributed by atoms with Crippen LogP contribution in [0, 0.1) is 0 Å². The number of nitrogens with one attached hydrogen (secondary N) is 2. The minimum atomic E-state index is -1.07. The van der Waals surface area contributed by atoms with Crippen molar-refractivity contribution in [3.05, 3.63) is 29.3 Å². The Morgan fingerprint density at radius 2 is 2.41 bits per heavy atom. The average Bonchev–Trinajstić information content (AvgIpc) is 3.17. The molecule has 1 aromatic heterocycles. The van der Waals surface area contributed by atoms with E-state index in [9.17, 15) is 14.7 Å². The number of carboxylic acids is 1. The van der Waals surface area contributed by atoms with Gasteiger partial charge in [-0.15, -0.1) is 0 Å². The molecule has 3 N–H and O–H groups in total. The van der Waals surface area contributed by atoms with Gasteiger partial charge in [0.05, 0.1) is 19.3 Å². The number of hydrogen-bond acceptors (Lipinski definition) is 6. The second kappa shape index (κ2) is 6.22. The summed E-state index contributed by atoms with van der Waals surface area (Å²) in [5.74, 6) is -1.38. The summed E-state index contributed by atoms with van der Waals surface area (Å²) >= 11 is 1.50. The zero-order valence-corrected chi connectivity index (χ0v) is 12.5. The van der Waals surface area contributed by atoms with Crippen LogP contribution in [-0.2, 0) is 16.0 Å². The molecule has 1 atom stereocenters. The Labute approximate surface area is 130 Å². The van der Waals surface area contributed by atoms with E-state index in [1.165, 1.54) is 18.1 Å². The monoisotopic (exact) mass is 321 g/mol. The third-order valence-corrected chi connectivity index (χ3v) is 4.35. The highest BCUT2D eigenvalue weighted by Gasteiger charge is 2.28. The van der Waals surface area contributed by atoms with Gasteiger partial charge in [0.25, 0.3) is 0 Å². The molecule has 0 spiro atoms. The predicted molar refractivity (Wildman–Crippen MR) is 81.2 cm³/mol. The number of fused-ring (bicyclic) bond motifs is 1. The second-order valence-electron chi connectivity index (χ2n) is 4.96. The zero-order valence-electron chi connectivity index (χ0n) is 11.7. The first-order valence-corrected chi connectivity index (χ1v) is 7.68. The van der Waals surface area contributed by atoms with Crippen LogP contribution in [0.2, 0.25) is 0 Å². The lowest BCUT2D eigenvalue weighted by molar-refractivity contribution is -0.141. The molecule has 116 valence electrons. The standard InChI is InChI=1S/C13H15N5O3S/c19-11(4-9-6-22-13-15-1-2-18(9)13)17-10(12(20)21)3-8-5-14-7-16-8/h5-7,10H,1-4H2,(H,14,16)(H,17,19)(H,20,21). The SMILES string of the molecule is O=C(CC1=CSC2=NCCN12)NC(Cc1cnc[nH]1)C(=O)O. The van der Waals surface area contributed by atoms with Gasteiger partial charge in [-0.2, -0.15) is 0 Å². The van der Waals surface area contributed by atoms with Crippen LogP contribution in [0.3, 0.4) is 0 Å². The summed E-state index contributed by atoms with van der Waals surface area (Å²) in [7, 11) is 0. The molecule has 3 rings (SSSR count). The van der Waals surface area contributed by atoms with Gasteiger partial charge < -0.3 is 20.3 Å². The largest absolute Gasteiger partial charge is 0.480 e. The molecular formula is C13H15N5O3S. The summed E-state index contributed by atoms with van der Waals surface area (Å²) < 4.78 is 0. The number of aliphatic carboxylic acids is 1. The molecule has 22 heavy (non-hydrogen) atoms. The number of aromatic amines is 1. The fraction of sp³-hybridized carbons (Fsp3) is 0.385. The van der Waals surface area contributed by atoms with E-state index < -0.39 is 12.0 Å². The van der Waals surface area contributed by atoms with E-state index in [0.29, 0.717) is 5.69 Å². The van der Waals surface area contributed by atoms with E-state index in [2.05, 4.69) is 20.3 Å². The van der Waals surface area contributed by atoms with Crippen molar-refractivity contribution in [1.82, 2.24) is 20.2 Å². The average molecular weight is 321 g/mol. The lowest BCUT2D eigenvalue weighted by atomic mass is 10.1. The van der Waals surface area contributed by atoms with Gasteiger partial charge in [0.1, 0.15) is 6.04 Å². The van der Waals surface area contributed by atoms with Gasteiger partial charge >= 0.3 is 5.97 Å². The van der Waals surface area contributed by atoms with E-state index in [-0.39, 0.29) is 18.7 Å². The number of carbonyl (C=O) groups is 2. The number of amides is 1. The summed E-state index contributed by atoms with van der Waals surface area (Å²) in [4.78, 5) is 36.4. The second-order valence-corrected chi connectivity index (χ2v) is 5.80. The predicted octanol–water partition coefficient (Wildman–Crippen LogP) is 0.171. The fourth-order valence-electron chi connectivity index (χ4n) is 2.34. The minimum Gasteiger partial charge on any atom is -0.480 e. The summed E-state index contributed by atoms with van der Waals surface area (Å²) in [6.45, 7) is 1.51. The van der Waals surface area contributed by atoms with Crippen molar-refractivity contribution in [2.24, 2.45) is 4.99 Å². The maximum Gasteiger partial charge on any atom is 0.326 e. The lowest BCUT2D eigenvalue weighted by Crippen LogP contribution is -2.43. The van der Waals surface area contributed by atoms with E-state index in [1.807, 2.05) is 10.3 Å². The molecule has 3 heterocycles. The molecule has 0 radical (unpaired) electrons. The van der Waals surface area contributed by atoms with Gasteiger partial charge in [-0.05, 0) is 5.41 Å². The molecule has 0 saturated heterocycles. The Balaban J connectivity index is 1.57. The topological polar surface area (TPSA) is 111 Å². The van der Waals surface area contributed by atoms with Crippen molar-refractivity contribution in [3.8, 4) is 0 Å². The van der Waals surface area contributed by atoms with Crippen LogP contribution in [0.4, 0.5) is 0 Å². The van der Waals surface area contributed by atoms with Gasteiger partial charge in [0, 0.05) is 30.6 Å². The van der Waals surface area contributed by atoms with Gasteiger partial charge in [0.15, 0.2) is 5.17 Å². The van der Waals surface area contributed by atoms with Crippen LogP contribution in [0.1, 0.15) is 12.1 Å². The Bertz CT molecular complexity index is 640. The smallest absolute Gasteiger partial charge is 0.326 e. The molecule has 1 unspecified atom stereocenters. The summed E-state index contributed by atoms with van der Waals surface area (Å²) in [5.41, 5.74) is 1.53. The Morgan fingerprint density at radius 1 is 1.55 bits per heavy atom. The molecular weight excluding hydrogens is 306 g/mol. The quantitative estimate of drug-likeness (QED) is 0.689. The molecule has 9 heteroatoms. The van der Waals surface area contributed by atoms with Crippen molar-refractivity contribution in [1.29, 1.82) is 0 Å². The fourth-order valence-corrected chi connectivity index (χ4v) is 3.30. The van der Waals surface area contributed by atoms with E-state index in [0.717, 1.165) is 24.0 Å². The number of imidazole rings is 1. The molecule has 0 bridgehead atoms. The maximum atomic E-state index is 12.1.